The summed E-state index contributed by atoms with van der Waals surface area (Å²) in [4.78, 5) is 23.4. The summed E-state index contributed by atoms with van der Waals surface area (Å²) in [6.07, 6.45) is 0.122. The molecule has 0 fully saturated rings. The third-order valence-electron chi connectivity index (χ3n) is 3.83. The van der Waals surface area contributed by atoms with Crippen molar-refractivity contribution in [1.82, 2.24) is 0 Å². The van der Waals surface area contributed by atoms with E-state index in [-0.39, 0.29) is 23.5 Å². The number of nitrogens with two attached hydrogens (primary N) is 1. The lowest BCUT2D eigenvalue weighted by molar-refractivity contribution is -0.119. The highest BCUT2D eigenvalue weighted by atomic mass is 79.9. The minimum Gasteiger partial charge on any atom is -0.507 e. The molecule has 3 N–H and O–H groups in total. The number of phenolic OH excluding ortho intramolecular Hbond substituents is 1. The fourth-order valence-electron chi connectivity index (χ4n) is 2.34. The van der Waals surface area contributed by atoms with E-state index >= 15 is 0 Å². The van der Waals surface area contributed by atoms with E-state index in [0.29, 0.717) is 17.9 Å². The van der Waals surface area contributed by atoms with Crippen LogP contribution in [0, 0.1) is 0 Å². The molecule has 2 aromatic rings. The standard InChI is InChI=1S/C19H20BrNO4/c1-12(22)16-9-15(25-11-13-6-4-3-5-7-13)8-14(17(16)23)10-19(2,20)18(21)24/h3-9,23H,10-11H2,1-2H3,(H2,21,24). The fourth-order valence-corrected chi connectivity index (χ4v) is 2.64. The third kappa shape index (κ3) is 4.82. The number of Topliss-reactive ketones (excluding diaryl/α,β-unsaturated/α-hetero) is 1. The van der Waals surface area contributed by atoms with Crippen LogP contribution in [-0.4, -0.2) is 21.1 Å². The Hall–Kier alpha value is -2.34. The Balaban J connectivity index is 2.34. The molecule has 5 nitrogen and oxygen atoms in total. The van der Waals surface area contributed by atoms with Crippen molar-refractivity contribution >= 4 is 27.6 Å². The molecule has 2 rings (SSSR count). The number of ketones is 1. The van der Waals surface area contributed by atoms with Crippen molar-refractivity contribution in [2.75, 3.05) is 0 Å². The van der Waals surface area contributed by atoms with E-state index in [2.05, 4.69) is 15.9 Å². The van der Waals surface area contributed by atoms with Gasteiger partial charge in [0.05, 0.1) is 5.56 Å². The molecule has 2 aromatic carbocycles. The van der Waals surface area contributed by atoms with E-state index in [4.69, 9.17) is 10.5 Å². The second-order valence-electron chi connectivity index (χ2n) is 6.05. The molecule has 0 aliphatic rings. The van der Waals surface area contributed by atoms with Gasteiger partial charge in [-0.1, -0.05) is 46.3 Å². The topological polar surface area (TPSA) is 89.6 Å². The van der Waals surface area contributed by atoms with Gasteiger partial charge in [-0.05, 0) is 31.5 Å². The zero-order valence-electron chi connectivity index (χ0n) is 14.1. The van der Waals surface area contributed by atoms with Gasteiger partial charge in [-0.2, -0.15) is 0 Å². The summed E-state index contributed by atoms with van der Waals surface area (Å²) in [6.45, 7) is 3.30. The number of carbonyl (C=O) groups is 2. The van der Waals surface area contributed by atoms with Crippen LogP contribution in [0.1, 0.15) is 35.3 Å². The zero-order valence-corrected chi connectivity index (χ0v) is 15.7. The first-order valence-corrected chi connectivity index (χ1v) is 8.52. The van der Waals surface area contributed by atoms with E-state index in [9.17, 15) is 14.7 Å². The van der Waals surface area contributed by atoms with Crippen molar-refractivity contribution in [2.45, 2.75) is 31.2 Å². The Morgan fingerprint density at radius 3 is 2.44 bits per heavy atom. The minimum atomic E-state index is -1.05. The monoisotopic (exact) mass is 405 g/mol. The smallest absolute Gasteiger partial charge is 0.234 e. The summed E-state index contributed by atoms with van der Waals surface area (Å²) >= 11 is 3.27. The van der Waals surface area contributed by atoms with E-state index in [1.165, 1.54) is 13.0 Å². The van der Waals surface area contributed by atoms with Crippen LogP contribution in [-0.2, 0) is 17.8 Å². The summed E-state index contributed by atoms with van der Waals surface area (Å²) in [5, 5.41) is 10.4. The molecule has 0 aliphatic carbocycles. The molecule has 0 saturated heterocycles. The summed E-state index contributed by atoms with van der Waals surface area (Å²) < 4.78 is 4.71. The van der Waals surface area contributed by atoms with Crippen molar-refractivity contribution < 1.29 is 19.4 Å². The van der Waals surface area contributed by atoms with Crippen LogP contribution in [0.2, 0.25) is 0 Å². The second-order valence-corrected chi connectivity index (χ2v) is 7.80. The van der Waals surface area contributed by atoms with Gasteiger partial charge >= 0.3 is 0 Å². The highest BCUT2D eigenvalue weighted by molar-refractivity contribution is 9.10. The lowest BCUT2D eigenvalue weighted by atomic mass is 9.96. The Bertz CT molecular complexity index is 788. The molecule has 0 saturated carbocycles. The van der Waals surface area contributed by atoms with Crippen molar-refractivity contribution in [3.8, 4) is 11.5 Å². The van der Waals surface area contributed by atoms with E-state index in [0.717, 1.165) is 5.56 Å². The van der Waals surface area contributed by atoms with Crippen molar-refractivity contribution in [2.24, 2.45) is 5.73 Å². The molecular weight excluding hydrogens is 386 g/mol. The average molecular weight is 406 g/mol. The van der Waals surface area contributed by atoms with Gasteiger partial charge in [0.25, 0.3) is 0 Å². The fraction of sp³-hybridized carbons (Fsp3) is 0.263. The largest absolute Gasteiger partial charge is 0.507 e. The number of ether oxygens (including phenoxy) is 1. The summed E-state index contributed by atoms with van der Waals surface area (Å²) in [5.41, 5.74) is 6.91. The molecule has 0 radical (unpaired) electrons. The van der Waals surface area contributed by atoms with E-state index in [1.807, 2.05) is 30.3 Å². The molecule has 0 heterocycles. The molecule has 0 spiro atoms. The number of halogens is 1. The first-order valence-electron chi connectivity index (χ1n) is 7.73. The molecule has 132 valence electrons. The predicted molar refractivity (Wildman–Crippen MR) is 99.1 cm³/mol. The number of alkyl halides is 1. The van der Waals surface area contributed by atoms with Crippen LogP contribution in [0.25, 0.3) is 0 Å². The molecule has 0 aliphatic heterocycles. The highest BCUT2D eigenvalue weighted by Gasteiger charge is 2.30. The van der Waals surface area contributed by atoms with E-state index < -0.39 is 10.2 Å². The lowest BCUT2D eigenvalue weighted by Gasteiger charge is -2.20. The molecule has 25 heavy (non-hydrogen) atoms. The summed E-state index contributed by atoms with van der Waals surface area (Å²) in [7, 11) is 0. The number of phenols is 1. The van der Waals surface area contributed by atoms with Crippen molar-refractivity contribution in [3.05, 3.63) is 59.2 Å². The zero-order chi connectivity index (χ0) is 18.6. The van der Waals surface area contributed by atoms with Crippen LogP contribution in [0.3, 0.4) is 0 Å². The number of primary amides is 1. The molecule has 0 bridgehead atoms. The Morgan fingerprint density at radius 1 is 1.24 bits per heavy atom. The molecule has 1 amide bonds. The van der Waals surface area contributed by atoms with Crippen LogP contribution >= 0.6 is 15.9 Å². The van der Waals surface area contributed by atoms with Gasteiger partial charge in [-0.15, -0.1) is 0 Å². The lowest BCUT2D eigenvalue weighted by Crippen LogP contribution is -2.37. The summed E-state index contributed by atoms with van der Waals surface area (Å²) in [6, 6.07) is 12.7. The van der Waals surface area contributed by atoms with Gasteiger partial charge in [0.1, 0.15) is 22.4 Å². The van der Waals surface area contributed by atoms with Gasteiger partial charge < -0.3 is 15.6 Å². The van der Waals surface area contributed by atoms with Crippen molar-refractivity contribution in [3.63, 3.8) is 0 Å². The average Bonchev–Trinajstić information content (AvgIpc) is 2.55. The van der Waals surface area contributed by atoms with Gasteiger partial charge in [-0.25, -0.2) is 0 Å². The van der Waals surface area contributed by atoms with Crippen LogP contribution in [0.15, 0.2) is 42.5 Å². The van der Waals surface area contributed by atoms with Crippen LogP contribution in [0.5, 0.6) is 11.5 Å². The maximum atomic E-state index is 11.8. The number of carbonyl (C=O) groups excluding carboxylic acids is 2. The highest BCUT2D eigenvalue weighted by Crippen LogP contribution is 2.34. The number of amides is 1. The number of hydrogen-bond acceptors (Lipinski definition) is 4. The number of rotatable bonds is 7. The number of hydrogen-bond donors (Lipinski definition) is 2. The maximum absolute atomic E-state index is 11.8. The SMILES string of the molecule is CC(=O)c1cc(OCc2ccccc2)cc(CC(C)(Br)C(N)=O)c1O. The second kappa shape index (κ2) is 7.70. The molecule has 1 unspecified atom stereocenters. The Kier molecular flexibility index (Phi) is 5.85. The van der Waals surface area contributed by atoms with Gasteiger partial charge in [0, 0.05) is 12.0 Å². The Labute approximate surface area is 154 Å². The molecule has 1 atom stereocenters. The van der Waals surface area contributed by atoms with E-state index in [1.54, 1.807) is 13.0 Å². The minimum absolute atomic E-state index is 0.122. The van der Waals surface area contributed by atoms with Gasteiger partial charge in [-0.3, -0.25) is 9.59 Å². The summed E-state index contributed by atoms with van der Waals surface area (Å²) in [5.74, 6) is -0.577. The Morgan fingerprint density at radius 2 is 1.88 bits per heavy atom. The first-order chi connectivity index (χ1) is 11.7. The number of aromatic hydroxyl groups is 1. The number of benzene rings is 2. The van der Waals surface area contributed by atoms with Crippen molar-refractivity contribution in [1.29, 1.82) is 0 Å². The predicted octanol–water partition coefficient (Wildman–Crippen LogP) is 3.36. The van der Waals surface area contributed by atoms with Gasteiger partial charge in [0.15, 0.2) is 5.78 Å². The molecule has 6 heteroatoms. The van der Waals surface area contributed by atoms with Gasteiger partial charge in [0.2, 0.25) is 5.91 Å². The molecular formula is C19H20BrNO4. The third-order valence-corrected chi connectivity index (χ3v) is 4.50. The van der Waals surface area contributed by atoms with Crippen LogP contribution < -0.4 is 10.5 Å². The first kappa shape index (κ1) is 19.0. The van der Waals surface area contributed by atoms with Crippen LogP contribution in [0.4, 0.5) is 0 Å². The maximum Gasteiger partial charge on any atom is 0.234 e. The quantitative estimate of drug-likeness (QED) is 0.545. The normalized spacial score (nSPS) is 13.1. The molecule has 0 aromatic heterocycles.